The van der Waals surface area contributed by atoms with E-state index in [2.05, 4.69) is 61.1 Å². The highest BCUT2D eigenvalue weighted by Crippen LogP contribution is 2.23. The SMILES string of the molecule is CC/C(=C/c1cc(Br)ccc1Cl)CNC(C)(C)C. The lowest BCUT2D eigenvalue weighted by Gasteiger charge is -2.21. The molecule has 1 aromatic rings. The number of rotatable bonds is 4. The molecule has 18 heavy (non-hydrogen) atoms. The fraction of sp³-hybridized carbons (Fsp3) is 0.467. The van der Waals surface area contributed by atoms with E-state index in [4.69, 9.17) is 11.6 Å². The molecular weight excluding hydrogens is 310 g/mol. The lowest BCUT2D eigenvalue weighted by Crippen LogP contribution is -2.36. The van der Waals surface area contributed by atoms with Gasteiger partial charge in [-0.15, -0.1) is 0 Å². The van der Waals surface area contributed by atoms with Gasteiger partial charge in [-0.05, 0) is 51.0 Å². The lowest BCUT2D eigenvalue weighted by atomic mass is 10.1. The molecular formula is C15H21BrClN. The number of benzene rings is 1. The van der Waals surface area contributed by atoms with Gasteiger partial charge in [0.2, 0.25) is 0 Å². The summed E-state index contributed by atoms with van der Waals surface area (Å²) in [6, 6.07) is 5.93. The van der Waals surface area contributed by atoms with Gasteiger partial charge in [0.25, 0.3) is 0 Å². The average molecular weight is 331 g/mol. The monoisotopic (exact) mass is 329 g/mol. The fourth-order valence-electron chi connectivity index (χ4n) is 1.50. The second-order valence-electron chi connectivity index (χ2n) is 5.43. The van der Waals surface area contributed by atoms with Gasteiger partial charge < -0.3 is 5.32 Å². The van der Waals surface area contributed by atoms with Crippen molar-refractivity contribution in [2.45, 2.75) is 39.7 Å². The average Bonchev–Trinajstić information content (AvgIpc) is 2.27. The van der Waals surface area contributed by atoms with E-state index < -0.39 is 0 Å². The molecule has 1 nitrogen and oxygen atoms in total. The predicted octanol–water partition coefficient (Wildman–Crippen LogP) is 5.28. The van der Waals surface area contributed by atoms with Crippen molar-refractivity contribution in [3.63, 3.8) is 0 Å². The Labute approximate surface area is 124 Å². The first-order valence-electron chi connectivity index (χ1n) is 6.21. The van der Waals surface area contributed by atoms with Crippen molar-refractivity contribution in [3.05, 3.63) is 38.8 Å². The molecule has 1 aromatic carbocycles. The van der Waals surface area contributed by atoms with Crippen LogP contribution in [0.25, 0.3) is 6.08 Å². The highest BCUT2D eigenvalue weighted by molar-refractivity contribution is 9.10. The molecule has 0 heterocycles. The Morgan fingerprint density at radius 3 is 2.61 bits per heavy atom. The zero-order valence-electron chi connectivity index (χ0n) is 11.5. The van der Waals surface area contributed by atoms with Crippen molar-refractivity contribution < 1.29 is 0 Å². The van der Waals surface area contributed by atoms with Crippen molar-refractivity contribution >= 4 is 33.6 Å². The molecule has 0 saturated heterocycles. The van der Waals surface area contributed by atoms with Crippen molar-refractivity contribution in [2.24, 2.45) is 0 Å². The summed E-state index contributed by atoms with van der Waals surface area (Å²) in [6.07, 6.45) is 3.19. The second-order valence-corrected chi connectivity index (χ2v) is 6.75. The third-order valence-electron chi connectivity index (χ3n) is 2.62. The van der Waals surface area contributed by atoms with Crippen LogP contribution in [0.5, 0.6) is 0 Å². The molecule has 0 fully saturated rings. The van der Waals surface area contributed by atoms with Gasteiger partial charge in [-0.2, -0.15) is 0 Å². The van der Waals surface area contributed by atoms with Gasteiger partial charge in [0.05, 0.1) is 0 Å². The maximum atomic E-state index is 6.20. The maximum absolute atomic E-state index is 6.20. The second kappa shape index (κ2) is 6.74. The largest absolute Gasteiger partial charge is 0.308 e. The Bertz CT molecular complexity index is 433. The van der Waals surface area contributed by atoms with E-state index in [0.29, 0.717) is 0 Å². The zero-order valence-corrected chi connectivity index (χ0v) is 13.8. The van der Waals surface area contributed by atoms with Crippen molar-refractivity contribution in [3.8, 4) is 0 Å². The summed E-state index contributed by atoms with van der Waals surface area (Å²) in [5.74, 6) is 0. The molecule has 100 valence electrons. The summed E-state index contributed by atoms with van der Waals surface area (Å²) in [5.41, 5.74) is 2.55. The van der Waals surface area contributed by atoms with Gasteiger partial charge in [-0.25, -0.2) is 0 Å². The van der Waals surface area contributed by atoms with Crippen molar-refractivity contribution in [1.82, 2.24) is 5.32 Å². The van der Waals surface area contributed by atoms with E-state index in [1.807, 2.05) is 12.1 Å². The molecule has 1 rings (SSSR count). The first-order chi connectivity index (χ1) is 8.31. The van der Waals surface area contributed by atoms with Crippen LogP contribution >= 0.6 is 27.5 Å². The zero-order chi connectivity index (χ0) is 13.8. The van der Waals surface area contributed by atoms with Crippen LogP contribution in [0.3, 0.4) is 0 Å². The highest BCUT2D eigenvalue weighted by atomic mass is 79.9. The van der Waals surface area contributed by atoms with Crippen LogP contribution in [0.4, 0.5) is 0 Å². The molecule has 0 aliphatic heterocycles. The summed E-state index contributed by atoms with van der Waals surface area (Å²) in [7, 11) is 0. The van der Waals surface area contributed by atoms with E-state index in [1.54, 1.807) is 0 Å². The predicted molar refractivity (Wildman–Crippen MR) is 85.2 cm³/mol. The standard InChI is InChI=1S/C15H21BrClN/c1-5-11(10-18-15(2,3)4)8-12-9-13(16)6-7-14(12)17/h6-9,18H,5,10H2,1-4H3/b11-8-. The Morgan fingerprint density at radius 1 is 1.39 bits per heavy atom. The number of hydrogen-bond donors (Lipinski definition) is 1. The lowest BCUT2D eigenvalue weighted by molar-refractivity contribution is 0.443. The first kappa shape index (κ1) is 15.7. The van der Waals surface area contributed by atoms with Crippen molar-refractivity contribution in [2.75, 3.05) is 6.54 Å². The van der Waals surface area contributed by atoms with E-state index in [1.165, 1.54) is 5.57 Å². The van der Waals surface area contributed by atoms with E-state index in [-0.39, 0.29) is 5.54 Å². The van der Waals surface area contributed by atoms with E-state index >= 15 is 0 Å². The quantitative estimate of drug-likeness (QED) is 0.791. The maximum Gasteiger partial charge on any atom is 0.0479 e. The normalized spacial score (nSPS) is 12.9. The first-order valence-corrected chi connectivity index (χ1v) is 7.38. The van der Waals surface area contributed by atoms with Crippen LogP contribution in [0.1, 0.15) is 39.7 Å². The summed E-state index contributed by atoms with van der Waals surface area (Å²) in [6.45, 7) is 9.58. The molecule has 0 unspecified atom stereocenters. The van der Waals surface area contributed by atoms with E-state index in [0.717, 1.165) is 28.0 Å². The van der Waals surface area contributed by atoms with Crippen molar-refractivity contribution in [1.29, 1.82) is 0 Å². The van der Waals surface area contributed by atoms with Gasteiger partial charge >= 0.3 is 0 Å². The molecule has 0 amide bonds. The minimum Gasteiger partial charge on any atom is -0.308 e. The minimum absolute atomic E-state index is 0.134. The van der Waals surface area contributed by atoms with Gasteiger partial charge in [0.15, 0.2) is 0 Å². The van der Waals surface area contributed by atoms with Crippen LogP contribution in [0.2, 0.25) is 5.02 Å². The summed E-state index contributed by atoms with van der Waals surface area (Å²) < 4.78 is 1.05. The molecule has 0 spiro atoms. The third kappa shape index (κ3) is 5.55. The van der Waals surface area contributed by atoms with Gasteiger partial charge in [0.1, 0.15) is 0 Å². The topological polar surface area (TPSA) is 12.0 Å². The Kier molecular flexibility index (Phi) is 5.90. The summed E-state index contributed by atoms with van der Waals surface area (Å²) >= 11 is 9.68. The van der Waals surface area contributed by atoms with Crippen LogP contribution < -0.4 is 5.32 Å². The summed E-state index contributed by atoms with van der Waals surface area (Å²) in [5, 5.41) is 4.30. The van der Waals surface area contributed by atoms with Crippen LogP contribution in [0, 0.1) is 0 Å². The molecule has 0 aliphatic rings. The Balaban J connectivity index is 2.87. The van der Waals surface area contributed by atoms with E-state index in [9.17, 15) is 0 Å². The molecule has 1 N–H and O–H groups in total. The smallest absolute Gasteiger partial charge is 0.0479 e. The third-order valence-corrected chi connectivity index (χ3v) is 3.46. The number of nitrogens with one attached hydrogen (secondary N) is 1. The van der Waals surface area contributed by atoms with Crippen LogP contribution in [-0.4, -0.2) is 12.1 Å². The molecule has 0 bridgehead atoms. The van der Waals surface area contributed by atoms with Crippen LogP contribution in [-0.2, 0) is 0 Å². The van der Waals surface area contributed by atoms with Gasteiger partial charge in [0, 0.05) is 21.6 Å². The Hall–Kier alpha value is -0.310. The molecule has 0 atom stereocenters. The highest BCUT2D eigenvalue weighted by Gasteiger charge is 2.09. The molecule has 0 radical (unpaired) electrons. The van der Waals surface area contributed by atoms with Gasteiger partial charge in [-0.3, -0.25) is 0 Å². The van der Waals surface area contributed by atoms with Gasteiger partial charge in [-0.1, -0.05) is 46.1 Å². The molecule has 0 aliphatic carbocycles. The molecule has 3 heteroatoms. The Morgan fingerprint density at radius 2 is 2.06 bits per heavy atom. The molecule has 0 saturated carbocycles. The minimum atomic E-state index is 0.134. The van der Waals surface area contributed by atoms with Crippen LogP contribution in [0.15, 0.2) is 28.2 Å². The molecule has 0 aromatic heterocycles. The summed E-state index contributed by atoms with van der Waals surface area (Å²) in [4.78, 5) is 0. The number of hydrogen-bond acceptors (Lipinski definition) is 1. The fourth-order valence-corrected chi connectivity index (χ4v) is 2.05. The number of halogens is 2.